The van der Waals surface area contributed by atoms with Gasteiger partial charge in [-0.3, -0.25) is 0 Å². The number of nitrogens with zero attached hydrogens (tertiary/aromatic N) is 8. The van der Waals surface area contributed by atoms with Crippen molar-refractivity contribution in [2.45, 2.75) is 0 Å². The van der Waals surface area contributed by atoms with E-state index in [-0.39, 0.29) is 0 Å². The summed E-state index contributed by atoms with van der Waals surface area (Å²) in [6, 6.07) is 99.2. The smallest absolute Gasteiger partial charge is 0.194 e. The molecule has 406 valence electrons. The summed E-state index contributed by atoms with van der Waals surface area (Å²) in [5, 5.41) is 24.6. The first kappa shape index (κ1) is 52.1. The Hall–Kier alpha value is -12.7. The molecule has 0 aliphatic carbocycles. The lowest BCUT2D eigenvalue weighted by atomic mass is 9.97. The molecule has 8 nitrogen and oxygen atoms in total. The van der Waals surface area contributed by atoms with Gasteiger partial charge in [-0.1, -0.05) is 182 Å². The zero-order valence-electron chi connectivity index (χ0n) is 47.1. The van der Waals surface area contributed by atoms with E-state index in [4.69, 9.17) is 23.1 Å². The van der Waals surface area contributed by atoms with Gasteiger partial charge in [0.2, 0.25) is 0 Å². The maximum atomic E-state index is 10.3. The van der Waals surface area contributed by atoms with Crippen LogP contribution >= 0.6 is 0 Å². The van der Waals surface area contributed by atoms with Crippen molar-refractivity contribution in [1.82, 2.24) is 19.1 Å². The summed E-state index contributed by atoms with van der Waals surface area (Å²) in [5.74, 6) is 0.571. The molecule has 3 aromatic heterocycles. The molecule has 3 heterocycles. The summed E-state index contributed by atoms with van der Waals surface area (Å²) in [4.78, 5) is 18.5. The van der Waals surface area contributed by atoms with E-state index in [9.17, 15) is 10.5 Å². The summed E-state index contributed by atoms with van der Waals surface area (Å²) in [6.45, 7) is 16.2. The molecule has 0 fully saturated rings. The third-order valence-electron chi connectivity index (χ3n) is 16.7. The molecule has 0 radical (unpaired) electrons. The second-order valence-corrected chi connectivity index (χ2v) is 21.6. The van der Waals surface area contributed by atoms with Gasteiger partial charge in [0.25, 0.3) is 0 Å². The van der Waals surface area contributed by atoms with Crippen LogP contribution in [-0.4, -0.2) is 19.1 Å². The van der Waals surface area contributed by atoms with Crippen LogP contribution < -0.4 is 0 Å². The Kier molecular flexibility index (Phi) is 12.9. The summed E-state index contributed by atoms with van der Waals surface area (Å²) in [7, 11) is 0. The van der Waals surface area contributed by atoms with Crippen molar-refractivity contribution in [3.63, 3.8) is 0 Å². The fourth-order valence-corrected chi connectivity index (χ4v) is 12.6. The van der Waals surface area contributed by atoms with Gasteiger partial charge in [0, 0.05) is 49.5 Å². The molecule has 0 aliphatic heterocycles. The van der Waals surface area contributed by atoms with E-state index in [0.29, 0.717) is 28.3 Å². The SMILES string of the molecule is [C-]#[N+]c1ccccc1-c1ccc2c(c1)c1cc(-c3ccccc3C#N)ccc1n2-c1cccc(-c2cc(-c3nc(-c4ccccc4)cc(-c4ccccc4)n3)ccc2-n2c3ccc(-c4ccccc4C#N)cc3c3cc(-c4ccccc4[N+]#[C-])ccc32)c1. The Bertz CT molecular complexity index is 5220. The largest absolute Gasteiger partial charge is 0.309 e. The number of para-hydroxylation sites is 2. The monoisotopic (exact) mass is 1120 g/mol. The summed E-state index contributed by atoms with van der Waals surface area (Å²) in [6.07, 6.45) is 0. The quantitative estimate of drug-likeness (QED) is 0.128. The van der Waals surface area contributed by atoms with Crippen LogP contribution in [0, 0.1) is 35.8 Å². The molecular weight excluding hydrogens is 1070 g/mol. The highest BCUT2D eigenvalue weighted by molar-refractivity contribution is 6.14. The lowest BCUT2D eigenvalue weighted by molar-refractivity contribution is 1.16. The van der Waals surface area contributed by atoms with Crippen molar-refractivity contribution in [3.05, 3.63) is 313 Å². The second kappa shape index (κ2) is 21.8. The molecular formula is C80H46N8. The van der Waals surface area contributed by atoms with Gasteiger partial charge in [0.15, 0.2) is 17.2 Å². The predicted molar refractivity (Wildman–Crippen MR) is 356 cm³/mol. The van der Waals surface area contributed by atoms with Crippen LogP contribution in [0.2, 0.25) is 0 Å². The second-order valence-electron chi connectivity index (χ2n) is 21.6. The minimum Gasteiger partial charge on any atom is -0.309 e. The molecule has 15 rings (SSSR count). The van der Waals surface area contributed by atoms with Gasteiger partial charge >= 0.3 is 0 Å². The van der Waals surface area contributed by atoms with E-state index in [1.54, 1.807) is 0 Å². The maximum Gasteiger partial charge on any atom is 0.194 e. The molecule has 0 saturated heterocycles. The normalized spacial score (nSPS) is 11.1. The van der Waals surface area contributed by atoms with E-state index in [2.05, 4.69) is 177 Å². The number of benzene rings is 12. The lowest BCUT2D eigenvalue weighted by Crippen LogP contribution is -2.01. The average Bonchev–Trinajstić information content (AvgIpc) is 1.64. The number of fused-ring (bicyclic) bond motifs is 6. The first-order valence-corrected chi connectivity index (χ1v) is 28.8. The molecule has 0 bridgehead atoms. The first-order valence-electron chi connectivity index (χ1n) is 28.8. The minimum atomic E-state index is 0.569. The molecule has 0 amide bonds. The molecule has 12 aromatic carbocycles. The molecule has 0 atom stereocenters. The van der Waals surface area contributed by atoms with Crippen LogP contribution in [0.5, 0.6) is 0 Å². The third-order valence-corrected chi connectivity index (χ3v) is 16.7. The highest BCUT2D eigenvalue weighted by Crippen LogP contribution is 2.45. The number of hydrogen-bond donors (Lipinski definition) is 0. The van der Waals surface area contributed by atoms with E-state index in [1.165, 1.54) is 0 Å². The van der Waals surface area contributed by atoms with Gasteiger partial charge in [0.05, 0.1) is 75.6 Å². The maximum absolute atomic E-state index is 10.3. The number of hydrogen-bond acceptors (Lipinski definition) is 4. The Morgan fingerprint density at radius 1 is 0.307 bits per heavy atom. The van der Waals surface area contributed by atoms with Gasteiger partial charge in [-0.25, -0.2) is 19.7 Å². The number of rotatable bonds is 10. The van der Waals surface area contributed by atoms with Crippen LogP contribution in [0.1, 0.15) is 11.1 Å². The standard InChI is InChI=1S/C80H46N8/c1-83-71-30-15-13-28-64(71)56-34-38-77-68(45-56)67-43-54(62-26-11-9-22-59(62)49-81)32-37-76(67)87(77)61-25-17-24-53(42-61)66-47-58(80-85-73(51-18-5-3-6-19-51)48-74(86-80)52-20-7-4-8-21-52)36-41-75(66)88-78-39-33-55(63-27-12-10-23-60(63)50-82)44-69(78)70-46-57(35-40-79(70)88)65-29-14-16-31-72(65)84-2/h3-48H. The fourth-order valence-electron chi connectivity index (χ4n) is 12.6. The molecule has 0 N–H and O–H groups in total. The molecule has 0 aliphatic rings. The van der Waals surface area contributed by atoms with E-state index < -0.39 is 0 Å². The lowest BCUT2D eigenvalue weighted by Gasteiger charge is -2.18. The Morgan fingerprint density at radius 3 is 1.16 bits per heavy atom. The molecule has 88 heavy (non-hydrogen) atoms. The third kappa shape index (κ3) is 9.00. The molecule has 8 heteroatoms. The highest BCUT2D eigenvalue weighted by Gasteiger charge is 2.23. The van der Waals surface area contributed by atoms with Crippen LogP contribution in [0.25, 0.3) is 154 Å². The van der Waals surface area contributed by atoms with Gasteiger partial charge in [-0.15, -0.1) is 0 Å². The van der Waals surface area contributed by atoms with Crippen molar-refractivity contribution < 1.29 is 0 Å². The Morgan fingerprint density at radius 2 is 0.693 bits per heavy atom. The van der Waals surface area contributed by atoms with Gasteiger partial charge in [-0.05, 0) is 147 Å². The van der Waals surface area contributed by atoms with Crippen molar-refractivity contribution in [3.8, 4) is 113 Å². The van der Waals surface area contributed by atoms with Crippen LogP contribution in [0.4, 0.5) is 11.4 Å². The Labute approximate surface area is 507 Å². The fraction of sp³-hybridized carbons (Fsp3) is 0. The van der Waals surface area contributed by atoms with Crippen LogP contribution in [0.15, 0.2) is 279 Å². The topological polar surface area (TPSA) is 91.9 Å². The van der Waals surface area contributed by atoms with E-state index in [0.717, 1.165) is 139 Å². The molecule has 15 aromatic rings. The zero-order valence-corrected chi connectivity index (χ0v) is 47.1. The van der Waals surface area contributed by atoms with Gasteiger partial charge in [-0.2, -0.15) is 10.5 Å². The van der Waals surface area contributed by atoms with Crippen LogP contribution in [0.3, 0.4) is 0 Å². The van der Waals surface area contributed by atoms with Crippen molar-refractivity contribution in [2.75, 3.05) is 0 Å². The zero-order chi connectivity index (χ0) is 59.2. The van der Waals surface area contributed by atoms with E-state index >= 15 is 0 Å². The molecule has 0 spiro atoms. The van der Waals surface area contributed by atoms with Crippen LogP contribution in [-0.2, 0) is 0 Å². The summed E-state index contributed by atoms with van der Waals surface area (Å²) in [5.41, 5.74) is 21.3. The van der Waals surface area contributed by atoms with Gasteiger partial charge in [0.1, 0.15) is 0 Å². The van der Waals surface area contributed by atoms with Gasteiger partial charge < -0.3 is 9.13 Å². The first-order chi connectivity index (χ1) is 43.4. The Balaban J connectivity index is 0.995. The van der Waals surface area contributed by atoms with Crippen molar-refractivity contribution in [2.24, 2.45) is 0 Å². The summed E-state index contributed by atoms with van der Waals surface area (Å²) < 4.78 is 4.64. The highest BCUT2D eigenvalue weighted by atomic mass is 15.0. The predicted octanol–water partition coefficient (Wildman–Crippen LogP) is 20.9. The number of aromatic nitrogens is 4. The summed E-state index contributed by atoms with van der Waals surface area (Å²) >= 11 is 0. The number of nitriles is 2. The van der Waals surface area contributed by atoms with Crippen molar-refractivity contribution in [1.29, 1.82) is 10.5 Å². The molecule has 0 saturated carbocycles. The average molecular weight is 1120 g/mol. The van der Waals surface area contributed by atoms with E-state index in [1.807, 2.05) is 133 Å². The minimum absolute atomic E-state index is 0.569. The van der Waals surface area contributed by atoms with Crippen molar-refractivity contribution >= 4 is 55.0 Å². The molecule has 0 unspecified atom stereocenters.